The van der Waals surface area contributed by atoms with Crippen molar-refractivity contribution in [1.29, 1.82) is 0 Å². The van der Waals surface area contributed by atoms with Gasteiger partial charge in [-0.05, 0) is 48.4 Å². The van der Waals surface area contributed by atoms with E-state index in [1.165, 1.54) is 18.2 Å². The van der Waals surface area contributed by atoms with Crippen LogP contribution in [0.15, 0.2) is 36.4 Å². The van der Waals surface area contributed by atoms with Crippen LogP contribution in [0.4, 0.5) is 10.1 Å². The second-order valence-corrected chi connectivity index (χ2v) is 5.36. The maximum Gasteiger partial charge on any atom is 0.255 e. The maximum atomic E-state index is 13.1. The number of rotatable bonds is 2. The molecule has 1 aliphatic heterocycles. The summed E-state index contributed by atoms with van der Waals surface area (Å²) in [4.78, 5) is 12.4. The van der Waals surface area contributed by atoms with Crippen molar-refractivity contribution in [2.45, 2.75) is 13.0 Å². The van der Waals surface area contributed by atoms with Crippen molar-refractivity contribution in [2.24, 2.45) is 0 Å². The lowest BCUT2D eigenvalue weighted by molar-refractivity contribution is 0.102. The molecule has 0 spiro atoms. The van der Waals surface area contributed by atoms with Gasteiger partial charge in [-0.1, -0.05) is 23.7 Å². The Morgan fingerprint density at radius 1 is 1.29 bits per heavy atom. The Bertz CT molecular complexity index is 703. The van der Waals surface area contributed by atoms with Gasteiger partial charge < -0.3 is 10.6 Å². The van der Waals surface area contributed by atoms with Crippen LogP contribution in [0, 0.1) is 5.82 Å². The Morgan fingerprint density at radius 2 is 2.14 bits per heavy atom. The Balaban J connectivity index is 1.87. The number of fused-ring (bicyclic) bond motifs is 1. The fourth-order valence-corrected chi connectivity index (χ4v) is 2.70. The van der Waals surface area contributed by atoms with Crippen LogP contribution in [0.2, 0.25) is 5.02 Å². The summed E-state index contributed by atoms with van der Waals surface area (Å²) >= 11 is 5.72. The molecule has 2 N–H and O–H groups in total. The molecular formula is C16H14ClFN2O. The highest BCUT2D eigenvalue weighted by atomic mass is 35.5. The van der Waals surface area contributed by atoms with Gasteiger partial charge in [-0.15, -0.1) is 0 Å². The van der Waals surface area contributed by atoms with Crippen LogP contribution in [0.1, 0.15) is 21.5 Å². The van der Waals surface area contributed by atoms with Crippen LogP contribution in [-0.4, -0.2) is 12.5 Å². The van der Waals surface area contributed by atoms with Crippen LogP contribution >= 0.6 is 11.6 Å². The Kier molecular flexibility index (Phi) is 3.90. The standard InChI is InChI=1S/C16H14ClFN2O/c17-14-8-11(4-5-15(14)18)20-16(21)13-3-1-2-10-9-19-7-6-12(10)13/h1-5,8,19H,6-7,9H2,(H,20,21). The van der Waals surface area contributed by atoms with Gasteiger partial charge in [0.05, 0.1) is 5.02 Å². The third-order valence-corrected chi connectivity index (χ3v) is 3.85. The molecule has 1 heterocycles. The van der Waals surface area contributed by atoms with Crippen molar-refractivity contribution in [1.82, 2.24) is 5.32 Å². The lowest BCUT2D eigenvalue weighted by Crippen LogP contribution is -2.26. The number of halogens is 2. The van der Waals surface area contributed by atoms with E-state index in [-0.39, 0.29) is 10.9 Å². The molecule has 0 saturated carbocycles. The zero-order valence-electron chi connectivity index (χ0n) is 11.2. The SMILES string of the molecule is O=C(Nc1ccc(F)c(Cl)c1)c1cccc2c1CCNC2. The molecule has 0 bridgehead atoms. The fraction of sp³-hybridized carbons (Fsp3) is 0.188. The molecule has 0 fully saturated rings. The lowest BCUT2D eigenvalue weighted by Gasteiger charge is -2.20. The average molecular weight is 305 g/mol. The summed E-state index contributed by atoms with van der Waals surface area (Å²) in [5.74, 6) is -0.700. The highest BCUT2D eigenvalue weighted by Gasteiger charge is 2.17. The van der Waals surface area contributed by atoms with Gasteiger partial charge in [-0.3, -0.25) is 4.79 Å². The average Bonchev–Trinajstić information content (AvgIpc) is 2.50. The van der Waals surface area contributed by atoms with Crippen LogP contribution in [0.3, 0.4) is 0 Å². The number of amides is 1. The van der Waals surface area contributed by atoms with Crippen molar-refractivity contribution in [3.8, 4) is 0 Å². The monoisotopic (exact) mass is 304 g/mol. The number of carbonyl (C=O) groups excluding carboxylic acids is 1. The second-order valence-electron chi connectivity index (χ2n) is 4.95. The molecular weight excluding hydrogens is 291 g/mol. The fourth-order valence-electron chi connectivity index (χ4n) is 2.52. The van der Waals surface area contributed by atoms with Gasteiger partial charge in [-0.25, -0.2) is 4.39 Å². The first kappa shape index (κ1) is 14.0. The number of nitrogens with one attached hydrogen (secondary N) is 2. The van der Waals surface area contributed by atoms with Crippen LogP contribution < -0.4 is 10.6 Å². The zero-order valence-corrected chi connectivity index (χ0v) is 12.0. The number of hydrogen-bond acceptors (Lipinski definition) is 2. The van der Waals surface area contributed by atoms with Crippen molar-refractivity contribution in [3.63, 3.8) is 0 Å². The topological polar surface area (TPSA) is 41.1 Å². The summed E-state index contributed by atoms with van der Waals surface area (Å²) in [7, 11) is 0. The predicted octanol–water partition coefficient (Wildman–Crippen LogP) is 3.38. The molecule has 0 aliphatic carbocycles. The molecule has 3 nitrogen and oxygen atoms in total. The summed E-state index contributed by atoms with van der Waals surface area (Å²) in [5, 5.41) is 6.04. The predicted molar refractivity (Wildman–Crippen MR) is 81.2 cm³/mol. The molecule has 2 aromatic rings. The highest BCUT2D eigenvalue weighted by molar-refractivity contribution is 6.31. The van der Waals surface area contributed by atoms with Crippen molar-refractivity contribution in [2.75, 3.05) is 11.9 Å². The van der Waals surface area contributed by atoms with E-state index in [2.05, 4.69) is 10.6 Å². The molecule has 0 unspecified atom stereocenters. The van der Waals surface area contributed by atoms with Crippen molar-refractivity contribution < 1.29 is 9.18 Å². The molecule has 21 heavy (non-hydrogen) atoms. The lowest BCUT2D eigenvalue weighted by atomic mass is 9.95. The minimum absolute atomic E-state index is 0.00732. The molecule has 5 heteroatoms. The molecule has 1 amide bonds. The Labute approximate surface area is 127 Å². The van der Waals surface area contributed by atoms with Crippen LogP contribution in [0.5, 0.6) is 0 Å². The van der Waals surface area contributed by atoms with Gasteiger partial charge in [0.1, 0.15) is 5.82 Å². The number of benzene rings is 2. The first-order chi connectivity index (χ1) is 10.1. The van der Waals surface area contributed by atoms with E-state index < -0.39 is 5.82 Å². The zero-order chi connectivity index (χ0) is 14.8. The molecule has 108 valence electrons. The molecule has 2 aromatic carbocycles. The van der Waals surface area contributed by atoms with Crippen LogP contribution in [0.25, 0.3) is 0 Å². The van der Waals surface area contributed by atoms with E-state index in [4.69, 9.17) is 11.6 Å². The largest absolute Gasteiger partial charge is 0.322 e. The van der Waals surface area contributed by atoms with E-state index in [0.29, 0.717) is 11.3 Å². The van der Waals surface area contributed by atoms with E-state index in [1.807, 2.05) is 18.2 Å². The molecule has 3 rings (SSSR count). The number of anilines is 1. The molecule has 0 aromatic heterocycles. The minimum atomic E-state index is -0.502. The van der Waals surface area contributed by atoms with Gasteiger partial charge in [0.15, 0.2) is 0 Å². The van der Waals surface area contributed by atoms with E-state index in [0.717, 1.165) is 30.6 Å². The number of hydrogen-bond donors (Lipinski definition) is 2. The minimum Gasteiger partial charge on any atom is -0.322 e. The van der Waals surface area contributed by atoms with Gasteiger partial charge in [0.2, 0.25) is 0 Å². The van der Waals surface area contributed by atoms with E-state index >= 15 is 0 Å². The molecule has 1 aliphatic rings. The quantitative estimate of drug-likeness (QED) is 0.893. The molecule has 0 radical (unpaired) electrons. The third kappa shape index (κ3) is 2.91. The second kappa shape index (κ2) is 5.84. The van der Waals surface area contributed by atoms with E-state index in [9.17, 15) is 9.18 Å². The van der Waals surface area contributed by atoms with Crippen molar-refractivity contribution >= 4 is 23.2 Å². The Hall–Kier alpha value is -1.91. The first-order valence-corrected chi connectivity index (χ1v) is 7.11. The summed E-state index contributed by atoms with van der Waals surface area (Å²) in [6, 6.07) is 9.85. The maximum absolute atomic E-state index is 13.1. The third-order valence-electron chi connectivity index (χ3n) is 3.56. The van der Waals surface area contributed by atoms with Crippen molar-refractivity contribution in [3.05, 3.63) is 63.9 Å². The van der Waals surface area contributed by atoms with Gasteiger partial charge in [-0.2, -0.15) is 0 Å². The molecule has 0 saturated heterocycles. The number of carbonyl (C=O) groups is 1. The Morgan fingerprint density at radius 3 is 2.95 bits per heavy atom. The first-order valence-electron chi connectivity index (χ1n) is 6.73. The smallest absolute Gasteiger partial charge is 0.255 e. The normalized spacial score (nSPS) is 13.6. The van der Waals surface area contributed by atoms with Crippen LogP contribution in [-0.2, 0) is 13.0 Å². The van der Waals surface area contributed by atoms with E-state index in [1.54, 1.807) is 0 Å². The van der Waals surface area contributed by atoms with Gasteiger partial charge in [0, 0.05) is 17.8 Å². The summed E-state index contributed by atoms with van der Waals surface area (Å²) in [6.07, 6.45) is 0.823. The summed E-state index contributed by atoms with van der Waals surface area (Å²) < 4.78 is 13.1. The molecule has 0 atom stereocenters. The summed E-state index contributed by atoms with van der Waals surface area (Å²) in [6.45, 7) is 1.64. The summed E-state index contributed by atoms with van der Waals surface area (Å²) in [5.41, 5.74) is 3.36. The highest BCUT2D eigenvalue weighted by Crippen LogP contribution is 2.22. The van der Waals surface area contributed by atoms with Gasteiger partial charge in [0.25, 0.3) is 5.91 Å². The van der Waals surface area contributed by atoms with Gasteiger partial charge >= 0.3 is 0 Å².